The first-order valence-electron chi connectivity index (χ1n) is 9.39. The summed E-state index contributed by atoms with van der Waals surface area (Å²) < 4.78 is 0. The smallest absolute Gasteiger partial charge is 0.115 e. The standard InChI is InChI=1S/C17H36N4O2/c1-16(20(18)22)11-6-7-12-17(2,21(19)23)15(10-13-16)14-8-4-3-5-9-14/h14-15,20-21H,3-13,18-19H2,1-2H3. The first kappa shape index (κ1) is 19.1. The summed E-state index contributed by atoms with van der Waals surface area (Å²) in [5.41, 5.74) is -0.874. The van der Waals surface area contributed by atoms with Crippen molar-refractivity contribution in [3.63, 3.8) is 0 Å². The van der Waals surface area contributed by atoms with Gasteiger partial charge < -0.3 is 10.4 Å². The molecule has 0 bridgehead atoms. The van der Waals surface area contributed by atoms with Gasteiger partial charge in [-0.05, 0) is 51.9 Å². The molecule has 136 valence electrons. The van der Waals surface area contributed by atoms with E-state index < -0.39 is 11.1 Å². The van der Waals surface area contributed by atoms with E-state index in [0.717, 1.165) is 38.5 Å². The lowest BCUT2D eigenvalue weighted by atomic mass is 9.67. The molecule has 0 saturated heterocycles. The number of hydrogen-bond acceptors (Lipinski definition) is 4. The molecule has 6 N–H and O–H groups in total. The van der Waals surface area contributed by atoms with Crippen LogP contribution >= 0.6 is 0 Å². The molecule has 0 aromatic carbocycles. The zero-order valence-corrected chi connectivity index (χ0v) is 14.9. The van der Waals surface area contributed by atoms with Crippen LogP contribution in [0.25, 0.3) is 0 Å². The topological polar surface area (TPSA) is 107 Å². The van der Waals surface area contributed by atoms with E-state index in [4.69, 9.17) is 11.7 Å². The summed E-state index contributed by atoms with van der Waals surface area (Å²) in [5.74, 6) is 12.4. The maximum Gasteiger partial charge on any atom is 0.115 e. The van der Waals surface area contributed by atoms with Crippen LogP contribution in [-0.4, -0.2) is 11.1 Å². The van der Waals surface area contributed by atoms with E-state index in [0.29, 0.717) is 5.92 Å². The lowest BCUT2D eigenvalue weighted by Gasteiger charge is -2.47. The molecule has 6 heteroatoms. The highest BCUT2D eigenvalue weighted by atomic mass is 16.5. The maximum absolute atomic E-state index is 12.3. The molecule has 6 nitrogen and oxygen atoms in total. The lowest BCUT2D eigenvalue weighted by molar-refractivity contribution is -0.923. The van der Waals surface area contributed by atoms with Crippen molar-refractivity contribution in [2.45, 2.75) is 95.6 Å². The van der Waals surface area contributed by atoms with Gasteiger partial charge in [0.2, 0.25) is 0 Å². The Kier molecular flexibility index (Phi) is 6.44. The van der Waals surface area contributed by atoms with Crippen molar-refractivity contribution in [2.75, 3.05) is 0 Å². The minimum Gasteiger partial charge on any atom is -0.613 e. The van der Waals surface area contributed by atoms with E-state index in [2.05, 4.69) is 6.92 Å². The second kappa shape index (κ2) is 7.76. The van der Waals surface area contributed by atoms with Gasteiger partial charge in [0.1, 0.15) is 11.1 Å². The van der Waals surface area contributed by atoms with E-state index in [-0.39, 0.29) is 16.3 Å². The van der Waals surface area contributed by atoms with Gasteiger partial charge in [0.25, 0.3) is 0 Å². The Hall–Kier alpha value is -0.240. The third kappa shape index (κ3) is 4.24. The third-order valence-electron chi connectivity index (χ3n) is 6.88. The fraction of sp³-hybridized carbons (Fsp3) is 1.00. The molecule has 2 aliphatic carbocycles. The van der Waals surface area contributed by atoms with Crippen molar-refractivity contribution in [1.29, 1.82) is 0 Å². The van der Waals surface area contributed by atoms with E-state index in [1.54, 1.807) is 0 Å². The quantitative estimate of drug-likeness (QED) is 0.449. The lowest BCUT2D eigenvalue weighted by Crippen LogP contribution is -3.22. The molecule has 0 heterocycles. The van der Waals surface area contributed by atoms with Crippen molar-refractivity contribution in [3.8, 4) is 0 Å². The summed E-state index contributed by atoms with van der Waals surface area (Å²) in [5, 5.41) is 23.9. The molecule has 2 fully saturated rings. The van der Waals surface area contributed by atoms with Crippen molar-refractivity contribution >= 4 is 0 Å². The minimum atomic E-state index is -0.440. The summed E-state index contributed by atoms with van der Waals surface area (Å²) in [6.07, 6.45) is 11.4. The highest BCUT2D eigenvalue weighted by molar-refractivity contribution is 4.91. The van der Waals surface area contributed by atoms with Gasteiger partial charge in [-0.1, -0.05) is 19.3 Å². The minimum absolute atomic E-state index is 0.157. The van der Waals surface area contributed by atoms with Crippen LogP contribution in [0.3, 0.4) is 0 Å². The molecule has 5 unspecified atom stereocenters. The average Bonchev–Trinajstić information content (AvgIpc) is 2.58. The van der Waals surface area contributed by atoms with Gasteiger partial charge in [0, 0.05) is 25.2 Å². The molecule has 0 radical (unpaired) electrons. The summed E-state index contributed by atoms with van der Waals surface area (Å²) >= 11 is 0. The molecule has 0 aromatic rings. The molecule has 2 rings (SSSR count). The molecule has 0 aromatic heterocycles. The Bertz CT molecular complexity index is 374. The van der Waals surface area contributed by atoms with Crippen LogP contribution in [0.5, 0.6) is 0 Å². The largest absolute Gasteiger partial charge is 0.613 e. The van der Waals surface area contributed by atoms with Crippen LogP contribution < -0.4 is 22.0 Å². The van der Waals surface area contributed by atoms with Gasteiger partial charge >= 0.3 is 0 Å². The van der Waals surface area contributed by atoms with Gasteiger partial charge in [-0.2, -0.15) is 11.7 Å². The summed E-state index contributed by atoms with van der Waals surface area (Å²) in [4.78, 5) is 0. The molecular formula is C17H36N4O2. The van der Waals surface area contributed by atoms with Crippen LogP contribution in [0.2, 0.25) is 0 Å². The predicted octanol–water partition coefficient (Wildman–Crippen LogP) is 0.567. The van der Waals surface area contributed by atoms with Crippen LogP contribution in [0, 0.1) is 22.3 Å². The monoisotopic (exact) mass is 328 g/mol. The number of nitrogens with one attached hydrogen (secondary N) is 2. The summed E-state index contributed by atoms with van der Waals surface area (Å²) in [7, 11) is 0. The van der Waals surface area contributed by atoms with Crippen molar-refractivity contribution in [1.82, 2.24) is 0 Å². The first-order valence-corrected chi connectivity index (χ1v) is 9.39. The highest BCUT2D eigenvalue weighted by Gasteiger charge is 2.46. The second-order valence-electron chi connectivity index (χ2n) is 8.46. The zero-order chi connectivity index (χ0) is 17.1. The van der Waals surface area contributed by atoms with Gasteiger partial charge in [0.05, 0.1) is 0 Å². The van der Waals surface area contributed by atoms with Crippen LogP contribution in [0.15, 0.2) is 0 Å². The third-order valence-corrected chi connectivity index (χ3v) is 6.88. The first-order chi connectivity index (χ1) is 10.8. The van der Waals surface area contributed by atoms with Gasteiger partial charge in [-0.3, -0.25) is 10.3 Å². The molecule has 0 spiro atoms. The number of hydroxylamine groups is 2. The highest BCUT2D eigenvalue weighted by Crippen LogP contribution is 2.41. The Morgan fingerprint density at radius 1 is 0.783 bits per heavy atom. The van der Waals surface area contributed by atoms with Crippen LogP contribution in [-0.2, 0) is 0 Å². The van der Waals surface area contributed by atoms with Crippen LogP contribution in [0.1, 0.15) is 84.5 Å². The Balaban J connectivity index is 2.24. The normalized spacial score (nSPS) is 40.7. The van der Waals surface area contributed by atoms with Crippen molar-refractivity contribution < 1.29 is 10.3 Å². The number of quaternary nitrogens is 2. The van der Waals surface area contributed by atoms with Gasteiger partial charge in [-0.15, -0.1) is 0 Å². The Morgan fingerprint density at radius 3 is 1.96 bits per heavy atom. The average molecular weight is 329 g/mol. The van der Waals surface area contributed by atoms with Gasteiger partial charge in [0.15, 0.2) is 0 Å². The molecule has 2 aliphatic rings. The van der Waals surface area contributed by atoms with E-state index in [1.165, 1.54) is 32.1 Å². The fourth-order valence-corrected chi connectivity index (χ4v) is 4.96. The second-order valence-corrected chi connectivity index (χ2v) is 8.46. The fourth-order valence-electron chi connectivity index (χ4n) is 4.96. The van der Waals surface area contributed by atoms with E-state index >= 15 is 0 Å². The number of nitrogens with two attached hydrogens (primary N) is 2. The van der Waals surface area contributed by atoms with E-state index in [1.807, 2.05) is 6.92 Å². The molecule has 2 saturated carbocycles. The Labute approximate surface area is 140 Å². The molecule has 5 atom stereocenters. The van der Waals surface area contributed by atoms with Gasteiger partial charge in [-0.25, -0.2) is 0 Å². The summed E-state index contributed by atoms with van der Waals surface area (Å²) in [6.45, 7) is 4.07. The zero-order valence-electron chi connectivity index (χ0n) is 14.9. The SMILES string of the molecule is CC1([NH+](N)[O-])CCCCC(C)([NH+](N)[O-])C(C2CCCCC2)CC1. The van der Waals surface area contributed by atoms with Crippen molar-refractivity contribution in [3.05, 3.63) is 10.4 Å². The molecule has 23 heavy (non-hydrogen) atoms. The molecule has 0 aliphatic heterocycles. The number of rotatable bonds is 3. The molecular weight excluding hydrogens is 292 g/mol. The number of hydrogen-bond donors (Lipinski definition) is 4. The summed E-state index contributed by atoms with van der Waals surface area (Å²) in [6, 6.07) is 0. The predicted molar refractivity (Wildman–Crippen MR) is 91.6 cm³/mol. The maximum atomic E-state index is 12.3. The van der Waals surface area contributed by atoms with E-state index in [9.17, 15) is 10.4 Å². The van der Waals surface area contributed by atoms with Crippen molar-refractivity contribution in [2.24, 2.45) is 23.5 Å². The van der Waals surface area contributed by atoms with Crippen LogP contribution in [0.4, 0.5) is 0 Å². The Morgan fingerprint density at radius 2 is 1.39 bits per heavy atom. The molecule has 0 amide bonds.